The van der Waals surface area contributed by atoms with E-state index in [0.717, 1.165) is 17.9 Å². The average molecular weight is 186 g/mol. The van der Waals surface area contributed by atoms with Crippen molar-refractivity contribution < 1.29 is 4.39 Å². The molecule has 0 amide bonds. The van der Waals surface area contributed by atoms with Crippen LogP contribution in [0.5, 0.6) is 0 Å². The molecular formula is C10H11ClF. The fourth-order valence-corrected chi connectivity index (χ4v) is 1.12. The lowest BCUT2D eigenvalue weighted by Gasteiger charge is -1.98. The minimum atomic E-state index is -0.340. The lowest BCUT2D eigenvalue weighted by atomic mass is 10.1. The SMILES string of the molecule is FC[CH]CCc1ccc(Cl)cc1. The number of unbranched alkanes of at least 4 members (excludes halogenated alkanes) is 1. The molecule has 0 fully saturated rings. The molecule has 0 unspecified atom stereocenters. The Bertz CT molecular complexity index is 218. The molecule has 1 rings (SSSR count). The summed E-state index contributed by atoms with van der Waals surface area (Å²) in [5, 5.41) is 0.744. The Morgan fingerprint density at radius 1 is 1.25 bits per heavy atom. The van der Waals surface area contributed by atoms with Gasteiger partial charge in [-0.1, -0.05) is 23.7 Å². The van der Waals surface area contributed by atoms with Gasteiger partial charge in [0, 0.05) is 5.02 Å². The normalized spacial score (nSPS) is 10.2. The molecule has 0 atom stereocenters. The number of aryl methyl sites for hydroxylation is 1. The third-order valence-electron chi connectivity index (χ3n) is 1.66. The Labute approximate surface area is 77.4 Å². The molecule has 1 radical (unpaired) electrons. The maximum atomic E-state index is 11.7. The molecule has 0 saturated heterocycles. The van der Waals surface area contributed by atoms with Gasteiger partial charge in [0.25, 0.3) is 0 Å². The Balaban J connectivity index is 2.37. The maximum absolute atomic E-state index is 11.7. The van der Waals surface area contributed by atoms with Gasteiger partial charge in [-0.3, -0.25) is 4.39 Å². The number of rotatable bonds is 4. The molecule has 12 heavy (non-hydrogen) atoms. The Hall–Kier alpha value is -0.560. The van der Waals surface area contributed by atoms with Gasteiger partial charge in [-0.15, -0.1) is 0 Å². The first-order valence-electron chi connectivity index (χ1n) is 3.95. The average Bonchev–Trinajstić information content (AvgIpc) is 2.09. The van der Waals surface area contributed by atoms with E-state index in [0.29, 0.717) is 0 Å². The highest BCUT2D eigenvalue weighted by Gasteiger charge is 1.93. The number of halogens is 2. The fourth-order valence-electron chi connectivity index (χ4n) is 0.997. The summed E-state index contributed by atoms with van der Waals surface area (Å²) in [6.07, 6.45) is 3.31. The molecule has 0 aliphatic carbocycles. The molecule has 0 saturated carbocycles. The summed E-state index contributed by atoms with van der Waals surface area (Å²) in [6, 6.07) is 7.64. The van der Waals surface area contributed by atoms with Crippen LogP contribution in [-0.2, 0) is 6.42 Å². The summed E-state index contributed by atoms with van der Waals surface area (Å²) >= 11 is 5.71. The van der Waals surface area contributed by atoms with Crippen LogP contribution in [0.1, 0.15) is 12.0 Å². The van der Waals surface area contributed by atoms with E-state index >= 15 is 0 Å². The van der Waals surface area contributed by atoms with Crippen LogP contribution in [-0.4, -0.2) is 6.67 Å². The van der Waals surface area contributed by atoms with E-state index in [2.05, 4.69) is 0 Å². The van der Waals surface area contributed by atoms with Crippen molar-refractivity contribution in [2.75, 3.05) is 6.67 Å². The molecular weight excluding hydrogens is 175 g/mol. The maximum Gasteiger partial charge on any atom is 0.0926 e. The van der Waals surface area contributed by atoms with Crippen LogP contribution in [0.4, 0.5) is 4.39 Å². The molecule has 0 aliphatic heterocycles. The van der Waals surface area contributed by atoms with Gasteiger partial charge in [0.05, 0.1) is 6.67 Å². The predicted octanol–water partition coefficient (Wildman–Crippen LogP) is 3.45. The van der Waals surface area contributed by atoms with E-state index in [9.17, 15) is 4.39 Å². The van der Waals surface area contributed by atoms with E-state index in [1.54, 1.807) is 6.42 Å². The largest absolute Gasteiger partial charge is 0.251 e. The van der Waals surface area contributed by atoms with Crippen LogP contribution in [0.2, 0.25) is 5.02 Å². The molecule has 0 bridgehead atoms. The van der Waals surface area contributed by atoms with Crippen molar-refractivity contribution in [1.29, 1.82) is 0 Å². The quantitative estimate of drug-likeness (QED) is 0.631. The smallest absolute Gasteiger partial charge is 0.0926 e. The molecule has 65 valence electrons. The Morgan fingerprint density at radius 2 is 1.92 bits per heavy atom. The third kappa shape index (κ3) is 3.22. The van der Waals surface area contributed by atoms with Crippen LogP contribution in [0, 0.1) is 6.42 Å². The van der Waals surface area contributed by atoms with Gasteiger partial charge >= 0.3 is 0 Å². The zero-order chi connectivity index (χ0) is 8.81. The minimum absolute atomic E-state index is 0.340. The molecule has 0 spiro atoms. The third-order valence-corrected chi connectivity index (χ3v) is 1.91. The van der Waals surface area contributed by atoms with Crippen molar-refractivity contribution in [3.63, 3.8) is 0 Å². The van der Waals surface area contributed by atoms with Crippen molar-refractivity contribution in [3.05, 3.63) is 41.3 Å². The number of hydrogen-bond acceptors (Lipinski definition) is 0. The molecule has 0 nitrogen and oxygen atoms in total. The van der Waals surface area contributed by atoms with Gasteiger partial charge in [0.15, 0.2) is 0 Å². The molecule has 0 N–H and O–H groups in total. The fraction of sp³-hybridized carbons (Fsp3) is 0.300. The summed E-state index contributed by atoms with van der Waals surface area (Å²) < 4.78 is 11.7. The number of hydrogen-bond donors (Lipinski definition) is 0. The predicted molar refractivity (Wildman–Crippen MR) is 50.0 cm³/mol. The highest BCUT2D eigenvalue weighted by atomic mass is 35.5. The van der Waals surface area contributed by atoms with Gasteiger partial charge in [0.2, 0.25) is 0 Å². The number of benzene rings is 1. The van der Waals surface area contributed by atoms with E-state index in [4.69, 9.17) is 11.6 Å². The Kier molecular flexibility index (Phi) is 4.09. The first-order valence-corrected chi connectivity index (χ1v) is 4.33. The van der Waals surface area contributed by atoms with E-state index in [1.165, 1.54) is 5.56 Å². The summed E-state index contributed by atoms with van der Waals surface area (Å²) in [5.74, 6) is 0. The molecule has 2 heteroatoms. The summed E-state index contributed by atoms with van der Waals surface area (Å²) in [5.41, 5.74) is 1.20. The Morgan fingerprint density at radius 3 is 2.50 bits per heavy atom. The second kappa shape index (κ2) is 5.15. The molecule has 0 aliphatic rings. The van der Waals surface area contributed by atoms with Crippen LogP contribution < -0.4 is 0 Å². The summed E-state index contributed by atoms with van der Waals surface area (Å²) in [6.45, 7) is -0.340. The van der Waals surface area contributed by atoms with Crippen LogP contribution >= 0.6 is 11.6 Å². The molecule has 0 aromatic heterocycles. The zero-order valence-corrected chi connectivity index (χ0v) is 7.52. The second-order valence-corrected chi connectivity index (χ2v) is 3.04. The van der Waals surface area contributed by atoms with E-state index in [1.807, 2.05) is 24.3 Å². The summed E-state index contributed by atoms with van der Waals surface area (Å²) in [7, 11) is 0. The zero-order valence-electron chi connectivity index (χ0n) is 6.76. The van der Waals surface area contributed by atoms with Gasteiger partial charge < -0.3 is 0 Å². The van der Waals surface area contributed by atoms with E-state index < -0.39 is 0 Å². The highest BCUT2D eigenvalue weighted by molar-refractivity contribution is 6.30. The topological polar surface area (TPSA) is 0 Å². The highest BCUT2D eigenvalue weighted by Crippen LogP contribution is 2.11. The van der Waals surface area contributed by atoms with Crippen LogP contribution in [0.3, 0.4) is 0 Å². The first-order chi connectivity index (χ1) is 5.83. The standard InChI is InChI=1S/C10H11ClF/c11-10-6-4-9(5-7-10)3-1-2-8-12/h2,4-7H,1,3,8H2. The minimum Gasteiger partial charge on any atom is -0.251 e. The first kappa shape index (κ1) is 9.53. The molecule has 1 aromatic rings. The monoisotopic (exact) mass is 185 g/mol. The number of alkyl halides is 1. The molecule has 0 heterocycles. The van der Waals surface area contributed by atoms with Gasteiger partial charge in [-0.05, 0) is 37.0 Å². The lowest BCUT2D eigenvalue weighted by molar-refractivity contribution is 0.527. The van der Waals surface area contributed by atoms with Crippen LogP contribution in [0.15, 0.2) is 24.3 Å². The van der Waals surface area contributed by atoms with Gasteiger partial charge in [0.1, 0.15) is 0 Å². The lowest BCUT2D eigenvalue weighted by Crippen LogP contribution is -1.86. The van der Waals surface area contributed by atoms with Gasteiger partial charge in [-0.2, -0.15) is 0 Å². The van der Waals surface area contributed by atoms with Crippen molar-refractivity contribution >= 4 is 11.6 Å². The molecule has 1 aromatic carbocycles. The van der Waals surface area contributed by atoms with Crippen molar-refractivity contribution in [3.8, 4) is 0 Å². The second-order valence-electron chi connectivity index (χ2n) is 2.61. The van der Waals surface area contributed by atoms with Crippen LogP contribution in [0.25, 0.3) is 0 Å². The van der Waals surface area contributed by atoms with Crippen molar-refractivity contribution in [1.82, 2.24) is 0 Å². The van der Waals surface area contributed by atoms with Gasteiger partial charge in [-0.25, -0.2) is 0 Å². The van der Waals surface area contributed by atoms with Crippen molar-refractivity contribution in [2.24, 2.45) is 0 Å². The van der Waals surface area contributed by atoms with E-state index in [-0.39, 0.29) is 6.67 Å². The summed E-state index contributed by atoms with van der Waals surface area (Å²) in [4.78, 5) is 0. The van der Waals surface area contributed by atoms with Crippen molar-refractivity contribution in [2.45, 2.75) is 12.8 Å².